The molecule has 1 aliphatic rings. The Kier molecular flexibility index (Phi) is 5.63. The quantitative estimate of drug-likeness (QED) is 0.851. The molecule has 0 aromatic carbocycles. The largest absolute Gasteiger partial charge is 0.481 e. The molecule has 0 bridgehead atoms. The van der Waals surface area contributed by atoms with Crippen LogP contribution >= 0.6 is 22.7 Å². The number of aliphatic carboxylic acids is 1. The summed E-state index contributed by atoms with van der Waals surface area (Å²) in [4.78, 5) is 30.8. The SMILES string of the molecule is O=C(O)CC[C@@H]1CCCN(C(=O)Cc2csc(-c3cccs3)n2)C1. The van der Waals surface area contributed by atoms with E-state index in [1.807, 2.05) is 27.8 Å². The normalized spacial score (nSPS) is 17.8. The van der Waals surface area contributed by atoms with Crippen molar-refractivity contribution in [2.75, 3.05) is 13.1 Å². The lowest BCUT2D eigenvalue weighted by Gasteiger charge is -2.32. The highest BCUT2D eigenvalue weighted by molar-refractivity contribution is 7.20. The lowest BCUT2D eigenvalue weighted by Crippen LogP contribution is -2.40. The first kappa shape index (κ1) is 17.1. The molecule has 0 saturated carbocycles. The molecule has 3 heterocycles. The fourth-order valence-corrected chi connectivity index (χ4v) is 4.66. The first-order chi connectivity index (χ1) is 11.6. The van der Waals surface area contributed by atoms with Gasteiger partial charge in [-0.3, -0.25) is 9.59 Å². The van der Waals surface area contributed by atoms with Gasteiger partial charge in [0, 0.05) is 24.9 Å². The minimum Gasteiger partial charge on any atom is -0.481 e. The van der Waals surface area contributed by atoms with Crippen LogP contribution in [0.2, 0.25) is 0 Å². The summed E-state index contributed by atoms with van der Waals surface area (Å²) in [7, 11) is 0. The van der Waals surface area contributed by atoms with E-state index in [2.05, 4.69) is 4.98 Å². The Hall–Kier alpha value is -1.73. The maximum absolute atomic E-state index is 12.5. The number of nitrogens with zero attached hydrogens (tertiary/aromatic N) is 2. The first-order valence-electron chi connectivity index (χ1n) is 8.09. The molecular formula is C17H20N2O3S2. The third-order valence-corrected chi connectivity index (χ3v) is 6.18. The average Bonchev–Trinajstić information content (AvgIpc) is 3.24. The summed E-state index contributed by atoms with van der Waals surface area (Å²) >= 11 is 3.22. The minimum atomic E-state index is -0.762. The number of thiophene rings is 1. The number of amides is 1. The highest BCUT2D eigenvalue weighted by Crippen LogP contribution is 2.28. The number of carboxylic acids is 1. The Bertz CT molecular complexity index is 697. The van der Waals surface area contributed by atoms with Gasteiger partial charge in [0.25, 0.3) is 0 Å². The van der Waals surface area contributed by atoms with Crippen molar-refractivity contribution in [2.24, 2.45) is 5.92 Å². The molecule has 7 heteroatoms. The zero-order valence-electron chi connectivity index (χ0n) is 13.3. The van der Waals surface area contributed by atoms with Crippen LogP contribution in [0.25, 0.3) is 9.88 Å². The van der Waals surface area contributed by atoms with Gasteiger partial charge in [0.1, 0.15) is 5.01 Å². The molecule has 2 aromatic heterocycles. The van der Waals surface area contributed by atoms with Crippen molar-refractivity contribution >= 4 is 34.6 Å². The molecule has 2 aromatic rings. The Morgan fingerprint density at radius 1 is 1.38 bits per heavy atom. The molecule has 24 heavy (non-hydrogen) atoms. The van der Waals surface area contributed by atoms with E-state index in [4.69, 9.17) is 5.11 Å². The summed E-state index contributed by atoms with van der Waals surface area (Å²) < 4.78 is 0. The van der Waals surface area contributed by atoms with Gasteiger partial charge in [-0.05, 0) is 36.6 Å². The molecular weight excluding hydrogens is 344 g/mol. The Morgan fingerprint density at radius 3 is 3.00 bits per heavy atom. The van der Waals surface area contributed by atoms with E-state index < -0.39 is 5.97 Å². The van der Waals surface area contributed by atoms with Crippen molar-refractivity contribution in [1.82, 2.24) is 9.88 Å². The highest BCUT2D eigenvalue weighted by atomic mass is 32.1. The molecule has 1 atom stereocenters. The number of carboxylic acid groups (broad SMARTS) is 1. The van der Waals surface area contributed by atoms with Crippen LogP contribution in [0.5, 0.6) is 0 Å². The van der Waals surface area contributed by atoms with Crippen molar-refractivity contribution in [3.8, 4) is 9.88 Å². The van der Waals surface area contributed by atoms with E-state index >= 15 is 0 Å². The van der Waals surface area contributed by atoms with Crippen LogP contribution in [0.1, 0.15) is 31.4 Å². The van der Waals surface area contributed by atoms with Crippen molar-refractivity contribution in [3.05, 3.63) is 28.6 Å². The predicted octanol–water partition coefficient (Wildman–Crippen LogP) is 3.52. The Labute approximate surface area is 149 Å². The zero-order valence-corrected chi connectivity index (χ0v) is 14.9. The number of hydrogen-bond donors (Lipinski definition) is 1. The second-order valence-corrected chi connectivity index (χ2v) is 7.88. The fourth-order valence-electron chi connectivity index (χ4n) is 3.02. The standard InChI is InChI=1S/C17H20N2O3S2/c20-15(19-7-1-3-12(10-19)5-6-16(21)22)9-13-11-24-17(18-13)14-4-2-8-23-14/h2,4,8,11-12H,1,3,5-7,9-10H2,(H,21,22)/t12-/m0/s1. The second-order valence-electron chi connectivity index (χ2n) is 6.08. The first-order valence-corrected chi connectivity index (χ1v) is 9.85. The third-order valence-electron chi connectivity index (χ3n) is 4.25. The van der Waals surface area contributed by atoms with Gasteiger partial charge >= 0.3 is 5.97 Å². The minimum absolute atomic E-state index is 0.0954. The number of thiazole rings is 1. The number of likely N-dealkylation sites (tertiary alicyclic amines) is 1. The van der Waals surface area contributed by atoms with Crippen LogP contribution < -0.4 is 0 Å². The van der Waals surface area contributed by atoms with Crippen LogP contribution in [0.3, 0.4) is 0 Å². The van der Waals surface area contributed by atoms with Gasteiger partial charge < -0.3 is 10.0 Å². The summed E-state index contributed by atoms with van der Waals surface area (Å²) in [6, 6.07) is 4.03. The van der Waals surface area contributed by atoms with Crippen LogP contribution in [0.4, 0.5) is 0 Å². The van der Waals surface area contributed by atoms with E-state index in [0.29, 0.717) is 25.3 Å². The summed E-state index contributed by atoms with van der Waals surface area (Å²) in [5.74, 6) is -0.365. The van der Waals surface area contributed by atoms with Crippen molar-refractivity contribution in [1.29, 1.82) is 0 Å². The Morgan fingerprint density at radius 2 is 2.25 bits per heavy atom. The van der Waals surface area contributed by atoms with Gasteiger partial charge in [0.2, 0.25) is 5.91 Å². The van der Waals surface area contributed by atoms with Crippen molar-refractivity contribution < 1.29 is 14.7 Å². The van der Waals surface area contributed by atoms with E-state index in [0.717, 1.165) is 35.0 Å². The maximum Gasteiger partial charge on any atom is 0.303 e. The number of piperidine rings is 1. The summed E-state index contributed by atoms with van der Waals surface area (Å²) in [5, 5.41) is 13.7. The summed E-state index contributed by atoms with van der Waals surface area (Å²) in [6.45, 7) is 1.44. The molecule has 1 fully saturated rings. The topological polar surface area (TPSA) is 70.5 Å². The molecule has 0 radical (unpaired) electrons. The number of hydrogen-bond acceptors (Lipinski definition) is 5. The lowest BCUT2D eigenvalue weighted by atomic mass is 9.93. The molecule has 1 N–H and O–H groups in total. The molecule has 3 rings (SSSR count). The van der Waals surface area contributed by atoms with Gasteiger partial charge in [-0.15, -0.1) is 22.7 Å². The number of rotatable bonds is 6. The van der Waals surface area contributed by atoms with Crippen LogP contribution in [0.15, 0.2) is 22.9 Å². The smallest absolute Gasteiger partial charge is 0.303 e. The monoisotopic (exact) mass is 364 g/mol. The van der Waals surface area contributed by atoms with Gasteiger partial charge in [-0.25, -0.2) is 4.98 Å². The molecule has 1 aliphatic heterocycles. The maximum atomic E-state index is 12.5. The van der Waals surface area contributed by atoms with E-state index in [9.17, 15) is 9.59 Å². The number of carbonyl (C=O) groups excluding carboxylic acids is 1. The van der Waals surface area contributed by atoms with Crippen LogP contribution in [-0.4, -0.2) is 40.0 Å². The summed E-state index contributed by atoms with van der Waals surface area (Å²) in [5.41, 5.74) is 0.820. The third kappa shape index (κ3) is 4.42. The highest BCUT2D eigenvalue weighted by Gasteiger charge is 2.24. The number of carbonyl (C=O) groups is 2. The molecule has 0 aliphatic carbocycles. The van der Waals surface area contributed by atoms with Crippen LogP contribution in [-0.2, 0) is 16.0 Å². The molecule has 128 valence electrons. The zero-order chi connectivity index (χ0) is 16.9. The average molecular weight is 364 g/mol. The van der Waals surface area contributed by atoms with Gasteiger partial charge in [0.15, 0.2) is 0 Å². The fraction of sp³-hybridized carbons (Fsp3) is 0.471. The molecule has 0 spiro atoms. The molecule has 1 amide bonds. The predicted molar refractivity (Wildman–Crippen MR) is 95.3 cm³/mol. The summed E-state index contributed by atoms with van der Waals surface area (Å²) in [6.07, 6.45) is 3.12. The van der Waals surface area contributed by atoms with E-state index in [1.54, 1.807) is 22.7 Å². The van der Waals surface area contributed by atoms with Gasteiger partial charge in [-0.2, -0.15) is 0 Å². The van der Waals surface area contributed by atoms with Crippen molar-refractivity contribution in [3.63, 3.8) is 0 Å². The second kappa shape index (κ2) is 7.90. The van der Waals surface area contributed by atoms with Gasteiger partial charge in [-0.1, -0.05) is 6.07 Å². The lowest BCUT2D eigenvalue weighted by molar-refractivity contribution is -0.137. The van der Waals surface area contributed by atoms with Crippen LogP contribution in [0, 0.1) is 5.92 Å². The van der Waals surface area contributed by atoms with E-state index in [1.165, 1.54) is 0 Å². The number of aromatic nitrogens is 1. The van der Waals surface area contributed by atoms with Gasteiger partial charge in [0.05, 0.1) is 17.0 Å². The molecule has 1 saturated heterocycles. The Balaban J connectivity index is 1.55. The van der Waals surface area contributed by atoms with Crippen molar-refractivity contribution in [2.45, 2.75) is 32.1 Å². The molecule has 0 unspecified atom stereocenters. The van der Waals surface area contributed by atoms with E-state index in [-0.39, 0.29) is 12.3 Å². The molecule has 5 nitrogen and oxygen atoms in total.